The summed E-state index contributed by atoms with van der Waals surface area (Å²) < 4.78 is 0. The topological polar surface area (TPSA) is 52.6 Å². The second-order valence-electron chi connectivity index (χ2n) is 4.13. The molecule has 90 valence electrons. The number of carbonyl (C=O) groups is 1. The fourth-order valence-electron chi connectivity index (χ4n) is 1.08. The Morgan fingerprint density at radius 1 is 1.47 bits per heavy atom. The lowest BCUT2D eigenvalue weighted by atomic mass is 10.2. The van der Waals surface area contributed by atoms with E-state index < -0.39 is 0 Å². The highest BCUT2D eigenvalue weighted by atomic mass is 16.3. The summed E-state index contributed by atoms with van der Waals surface area (Å²) >= 11 is 0. The molecule has 0 fully saturated rings. The molecule has 2 N–H and O–H groups in total. The third-order valence-corrected chi connectivity index (χ3v) is 2.57. The predicted molar refractivity (Wildman–Crippen MR) is 61.7 cm³/mol. The van der Waals surface area contributed by atoms with Crippen LogP contribution in [-0.2, 0) is 4.79 Å². The van der Waals surface area contributed by atoms with E-state index in [-0.39, 0.29) is 18.1 Å². The summed E-state index contributed by atoms with van der Waals surface area (Å²) in [7, 11) is 1.80. The van der Waals surface area contributed by atoms with Gasteiger partial charge in [-0.1, -0.05) is 6.92 Å². The van der Waals surface area contributed by atoms with Crippen molar-refractivity contribution in [1.29, 1.82) is 0 Å². The average Bonchev–Trinajstić information content (AvgIpc) is 2.22. The molecule has 0 radical (unpaired) electrons. The van der Waals surface area contributed by atoms with Crippen molar-refractivity contribution in [3.05, 3.63) is 0 Å². The highest BCUT2D eigenvalue weighted by Crippen LogP contribution is 1.95. The normalized spacial score (nSPS) is 12.9. The van der Waals surface area contributed by atoms with Gasteiger partial charge in [0.2, 0.25) is 5.91 Å². The van der Waals surface area contributed by atoms with Gasteiger partial charge >= 0.3 is 0 Å². The van der Waals surface area contributed by atoms with E-state index in [1.54, 1.807) is 11.9 Å². The number of aliphatic hydroxyl groups excluding tert-OH is 1. The Kier molecular flexibility index (Phi) is 7.34. The molecule has 15 heavy (non-hydrogen) atoms. The molecule has 0 aromatic carbocycles. The van der Waals surface area contributed by atoms with Crippen LogP contribution in [0.15, 0.2) is 0 Å². The van der Waals surface area contributed by atoms with E-state index in [1.807, 2.05) is 20.8 Å². The quantitative estimate of drug-likeness (QED) is 0.613. The lowest BCUT2D eigenvalue weighted by molar-refractivity contribution is -0.130. The Balaban J connectivity index is 3.55. The first-order chi connectivity index (χ1) is 6.99. The summed E-state index contributed by atoms with van der Waals surface area (Å²) in [5.41, 5.74) is 0. The molecule has 4 heteroatoms. The van der Waals surface area contributed by atoms with E-state index >= 15 is 0 Å². The third kappa shape index (κ3) is 6.47. The summed E-state index contributed by atoms with van der Waals surface area (Å²) in [6, 6.07) is 0.237. The van der Waals surface area contributed by atoms with Gasteiger partial charge in [0.25, 0.3) is 0 Å². The van der Waals surface area contributed by atoms with Crippen molar-refractivity contribution in [3.8, 4) is 0 Å². The van der Waals surface area contributed by atoms with Crippen LogP contribution in [0.3, 0.4) is 0 Å². The maximum atomic E-state index is 11.5. The van der Waals surface area contributed by atoms with E-state index in [1.165, 1.54) is 0 Å². The number of likely N-dealkylation sites (N-methyl/N-ethyl adjacent to an activating group) is 1. The number of carbonyl (C=O) groups excluding carboxylic acids is 1. The van der Waals surface area contributed by atoms with Gasteiger partial charge < -0.3 is 15.3 Å². The molecule has 0 spiro atoms. The molecule has 0 saturated heterocycles. The van der Waals surface area contributed by atoms with Crippen LogP contribution in [-0.4, -0.2) is 48.2 Å². The van der Waals surface area contributed by atoms with E-state index in [9.17, 15) is 9.90 Å². The predicted octanol–water partition coefficient (Wildman–Crippen LogP) is 0.604. The van der Waals surface area contributed by atoms with Crippen LogP contribution in [0.5, 0.6) is 0 Å². The number of nitrogens with one attached hydrogen (secondary N) is 1. The van der Waals surface area contributed by atoms with Gasteiger partial charge in [-0.2, -0.15) is 0 Å². The molecule has 0 aliphatic carbocycles. The standard InChI is InChI=1S/C11H24N2O2/c1-5-10(14)6-7-12-8-11(15)13(4)9(2)3/h9-10,12,14H,5-8H2,1-4H3. The molecule has 4 nitrogen and oxygen atoms in total. The van der Waals surface area contributed by atoms with Gasteiger partial charge in [-0.05, 0) is 33.2 Å². The molecule has 0 heterocycles. The van der Waals surface area contributed by atoms with Crippen molar-refractivity contribution in [2.75, 3.05) is 20.1 Å². The Labute approximate surface area is 92.7 Å². The molecular weight excluding hydrogens is 192 g/mol. The van der Waals surface area contributed by atoms with Gasteiger partial charge in [-0.3, -0.25) is 4.79 Å². The van der Waals surface area contributed by atoms with Crippen LogP contribution in [0.4, 0.5) is 0 Å². The molecule has 0 aliphatic rings. The van der Waals surface area contributed by atoms with Gasteiger partial charge in [0.15, 0.2) is 0 Å². The molecule has 0 saturated carbocycles. The number of amides is 1. The van der Waals surface area contributed by atoms with E-state index in [0.29, 0.717) is 19.5 Å². The largest absolute Gasteiger partial charge is 0.393 e. The van der Waals surface area contributed by atoms with Crippen LogP contribution >= 0.6 is 0 Å². The van der Waals surface area contributed by atoms with Crippen LogP contribution < -0.4 is 5.32 Å². The Bertz CT molecular complexity index is 183. The van der Waals surface area contributed by atoms with Crippen LogP contribution in [0.25, 0.3) is 0 Å². The maximum Gasteiger partial charge on any atom is 0.236 e. The molecule has 1 amide bonds. The first-order valence-electron chi connectivity index (χ1n) is 5.63. The zero-order valence-corrected chi connectivity index (χ0v) is 10.3. The molecule has 0 aliphatic heterocycles. The second kappa shape index (κ2) is 7.65. The minimum atomic E-state index is -0.254. The van der Waals surface area contributed by atoms with Crippen molar-refractivity contribution in [1.82, 2.24) is 10.2 Å². The second-order valence-corrected chi connectivity index (χ2v) is 4.13. The van der Waals surface area contributed by atoms with Gasteiger partial charge in [-0.25, -0.2) is 0 Å². The highest BCUT2D eigenvalue weighted by Gasteiger charge is 2.10. The minimum absolute atomic E-state index is 0.0935. The molecule has 0 aromatic rings. The summed E-state index contributed by atoms with van der Waals surface area (Å²) in [6.45, 7) is 6.96. The van der Waals surface area contributed by atoms with Crippen LogP contribution in [0.2, 0.25) is 0 Å². The Morgan fingerprint density at radius 3 is 2.53 bits per heavy atom. The fraction of sp³-hybridized carbons (Fsp3) is 0.909. The van der Waals surface area contributed by atoms with Gasteiger partial charge in [0.05, 0.1) is 12.6 Å². The van der Waals surface area contributed by atoms with Gasteiger partial charge in [0.1, 0.15) is 0 Å². The van der Waals surface area contributed by atoms with Crippen molar-refractivity contribution in [3.63, 3.8) is 0 Å². The number of hydrogen-bond acceptors (Lipinski definition) is 3. The number of nitrogens with zero attached hydrogens (tertiary/aromatic N) is 1. The van der Waals surface area contributed by atoms with Crippen LogP contribution in [0.1, 0.15) is 33.6 Å². The molecule has 0 aromatic heterocycles. The summed E-state index contributed by atoms with van der Waals surface area (Å²) in [5.74, 6) is 0.0935. The molecule has 1 unspecified atom stereocenters. The van der Waals surface area contributed by atoms with E-state index in [4.69, 9.17) is 0 Å². The van der Waals surface area contributed by atoms with Crippen LogP contribution in [0, 0.1) is 0 Å². The van der Waals surface area contributed by atoms with Crippen molar-refractivity contribution < 1.29 is 9.90 Å². The van der Waals surface area contributed by atoms with Crippen molar-refractivity contribution in [2.45, 2.75) is 45.8 Å². The lowest BCUT2D eigenvalue weighted by Crippen LogP contribution is -2.40. The first kappa shape index (κ1) is 14.4. The lowest BCUT2D eigenvalue weighted by Gasteiger charge is -2.21. The summed E-state index contributed by atoms with van der Waals surface area (Å²) in [4.78, 5) is 13.2. The fourth-order valence-corrected chi connectivity index (χ4v) is 1.08. The summed E-state index contributed by atoms with van der Waals surface area (Å²) in [6.07, 6.45) is 1.21. The number of aliphatic hydroxyl groups is 1. The zero-order valence-electron chi connectivity index (χ0n) is 10.3. The van der Waals surface area contributed by atoms with Crippen molar-refractivity contribution >= 4 is 5.91 Å². The maximum absolute atomic E-state index is 11.5. The molecular formula is C11H24N2O2. The van der Waals surface area contributed by atoms with Gasteiger partial charge in [0, 0.05) is 13.1 Å². The smallest absolute Gasteiger partial charge is 0.236 e. The van der Waals surface area contributed by atoms with Crippen molar-refractivity contribution in [2.24, 2.45) is 0 Å². The minimum Gasteiger partial charge on any atom is -0.393 e. The molecule has 1 atom stereocenters. The highest BCUT2D eigenvalue weighted by molar-refractivity contribution is 5.78. The number of hydrogen-bond donors (Lipinski definition) is 2. The van der Waals surface area contributed by atoms with E-state index in [0.717, 1.165) is 6.42 Å². The average molecular weight is 216 g/mol. The Hall–Kier alpha value is -0.610. The summed E-state index contributed by atoms with van der Waals surface area (Å²) in [5, 5.41) is 12.3. The molecule has 0 rings (SSSR count). The third-order valence-electron chi connectivity index (χ3n) is 2.57. The first-order valence-corrected chi connectivity index (χ1v) is 5.63. The molecule has 0 bridgehead atoms. The number of rotatable bonds is 7. The monoisotopic (exact) mass is 216 g/mol. The Morgan fingerprint density at radius 2 is 2.07 bits per heavy atom. The van der Waals surface area contributed by atoms with E-state index in [2.05, 4.69) is 5.32 Å². The SMILES string of the molecule is CCC(O)CCNCC(=O)N(C)C(C)C. The zero-order chi connectivity index (χ0) is 11.8. The van der Waals surface area contributed by atoms with Gasteiger partial charge in [-0.15, -0.1) is 0 Å².